The summed E-state index contributed by atoms with van der Waals surface area (Å²) in [6, 6.07) is 13.5. The molecule has 0 saturated heterocycles. The molecule has 1 aromatic carbocycles. The molecule has 2 aromatic rings. The summed E-state index contributed by atoms with van der Waals surface area (Å²) in [5.41, 5.74) is 3.98. The zero-order valence-corrected chi connectivity index (χ0v) is 17.8. The number of hydrogen-bond acceptors (Lipinski definition) is 3. The minimum absolute atomic E-state index is 0.361. The Bertz CT molecular complexity index is 749. The summed E-state index contributed by atoms with van der Waals surface area (Å²) in [5, 5.41) is 10.5. The van der Waals surface area contributed by atoms with E-state index in [1.165, 1.54) is 48.9 Å². The first-order chi connectivity index (χ1) is 14.2. The predicted molar refractivity (Wildman–Crippen MR) is 119 cm³/mol. The number of aliphatic hydroxyl groups excluding tert-OH is 1. The van der Waals surface area contributed by atoms with Crippen molar-refractivity contribution in [1.29, 1.82) is 0 Å². The normalized spacial score (nSPS) is 16.2. The van der Waals surface area contributed by atoms with Crippen LogP contribution in [0.2, 0.25) is 0 Å². The predicted octanol–water partition coefficient (Wildman–Crippen LogP) is 4.54. The maximum Gasteiger partial charge on any atom is 0.0900 e. The van der Waals surface area contributed by atoms with E-state index in [-0.39, 0.29) is 0 Å². The first kappa shape index (κ1) is 21.8. The molecule has 1 fully saturated rings. The highest BCUT2D eigenvalue weighted by atomic mass is 16.5. The molecule has 3 rings (SSSR count). The van der Waals surface area contributed by atoms with Gasteiger partial charge < -0.3 is 14.4 Å². The van der Waals surface area contributed by atoms with Gasteiger partial charge in [0.1, 0.15) is 0 Å². The lowest BCUT2D eigenvalue weighted by molar-refractivity contribution is 0.00891. The Hall–Kier alpha value is -1.88. The average Bonchev–Trinajstić information content (AvgIpc) is 3.17. The molecular weight excluding hydrogens is 360 g/mol. The van der Waals surface area contributed by atoms with Crippen molar-refractivity contribution < 1.29 is 9.84 Å². The molecule has 1 atom stereocenters. The third-order valence-electron chi connectivity index (χ3n) is 5.97. The molecule has 4 nitrogen and oxygen atoms in total. The second-order valence-corrected chi connectivity index (χ2v) is 8.26. The summed E-state index contributed by atoms with van der Waals surface area (Å²) >= 11 is 0. The lowest BCUT2D eigenvalue weighted by Gasteiger charge is -2.35. The number of aliphatic hydroxyl groups is 1. The van der Waals surface area contributed by atoms with Gasteiger partial charge in [0.25, 0.3) is 0 Å². The van der Waals surface area contributed by atoms with E-state index < -0.39 is 6.10 Å². The van der Waals surface area contributed by atoms with Crippen molar-refractivity contribution in [3.63, 3.8) is 0 Å². The van der Waals surface area contributed by atoms with E-state index in [1.54, 1.807) is 6.08 Å². The summed E-state index contributed by atoms with van der Waals surface area (Å²) < 4.78 is 7.83. The molecule has 0 radical (unpaired) electrons. The van der Waals surface area contributed by atoms with Crippen LogP contribution in [0.25, 0.3) is 0 Å². The fourth-order valence-corrected chi connectivity index (χ4v) is 4.33. The molecule has 0 amide bonds. The topological polar surface area (TPSA) is 37.6 Å². The SMILES string of the molecule is C=CCOC[C@@H](O)CN(Cc1cccn1Cc1ccccc1C)C1CCCCC1. The molecule has 158 valence electrons. The van der Waals surface area contributed by atoms with Crippen LogP contribution in [0.4, 0.5) is 0 Å². The van der Waals surface area contributed by atoms with Crippen LogP contribution in [0.5, 0.6) is 0 Å². The molecule has 1 aliphatic carbocycles. The van der Waals surface area contributed by atoms with Gasteiger partial charge >= 0.3 is 0 Å². The molecule has 1 aliphatic rings. The highest BCUT2D eigenvalue weighted by molar-refractivity contribution is 5.26. The van der Waals surface area contributed by atoms with Gasteiger partial charge in [0, 0.05) is 37.6 Å². The van der Waals surface area contributed by atoms with Crippen molar-refractivity contribution in [2.75, 3.05) is 19.8 Å². The van der Waals surface area contributed by atoms with Gasteiger partial charge in [0.15, 0.2) is 0 Å². The molecule has 0 spiro atoms. The van der Waals surface area contributed by atoms with Crippen molar-refractivity contribution in [1.82, 2.24) is 9.47 Å². The number of ether oxygens (including phenoxy) is 1. The zero-order valence-electron chi connectivity index (χ0n) is 17.8. The second kappa shape index (κ2) is 11.3. The Labute approximate surface area is 175 Å². The van der Waals surface area contributed by atoms with Crippen LogP contribution in [-0.2, 0) is 17.8 Å². The molecule has 0 unspecified atom stereocenters. The Morgan fingerprint density at radius 2 is 2.00 bits per heavy atom. The first-order valence-electron chi connectivity index (χ1n) is 11.0. The van der Waals surface area contributed by atoms with Crippen molar-refractivity contribution in [2.24, 2.45) is 0 Å². The Balaban J connectivity index is 1.69. The van der Waals surface area contributed by atoms with E-state index in [4.69, 9.17) is 4.74 Å². The third kappa shape index (κ3) is 6.56. The molecule has 4 heteroatoms. The van der Waals surface area contributed by atoms with Crippen LogP contribution in [-0.4, -0.2) is 46.5 Å². The number of aryl methyl sites for hydroxylation is 1. The van der Waals surface area contributed by atoms with Gasteiger partial charge in [-0.2, -0.15) is 0 Å². The van der Waals surface area contributed by atoms with Crippen LogP contribution in [0.3, 0.4) is 0 Å². The lowest BCUT2D eigenvalue weighted by Crippen LogP contribution is -2.42. The van der Waals surface area contributed by atoms with Gasteiger partial charge in [0.05, 0.1) is 19.3 Å². The van der Waals surface area contributed by atoms with E-state index in [0.29, 0.717) is 25.8 Å². The smallest absolute Gasteiger partial charge is 0.0900 e. The van der Waals surface area contributed by atoms with Crippen LogP contribution in [0.15, 0.2) is 55.3 Å². The van der Waals surface area contributed by atoms with Gasteiger partial charge in [-0.3, -0.25) is 4.90 Å². The van der Waals surface area contributed by atoms with Gasteiger partial charge in [-0.1, -0.05) is 49.6 Å². The summed E-state index contributed by atoms with van der Waals surface area (Å²) in [7, 11) is 0. The number of aromatic nitrogens is 1. The minimum Gasteiger partial charge on any atom is -0.389 e. The fraction of sp³-hybridized carbons (Fsp3) is 0.520. The van der Waals surface area contributed by atoms with E-state index in [0.717, 1.165) is 13.1 Å². The molecule has 1 aromatic heterocycles. The van der Waals surface area contributed by atoms with Crippen LogP contribution < -0.4 is 0 Å². The summed E-state index contributed by atoms with van der Waals surface area (Å²) in [5.74, 6) is 0. The number of benzene rings is 1. The second-order valence-electron chi connectivity index (χ2n) is 8.26. The molecule has 29 heavy (non-hydrogen) atoms. The molecule has 0 bridgehead atoms. The Morgan fingerprint density at radius 1 is 1.21 bits per heavy atom. The van der Waals surface area contributed by atoms with Crippen LogP contribution in [0.1, 0.15) is 48.9 Å². The summed E-state index contributed by atoms with van der Waals surface area (Å²) in [6.07, 6.45) is 9.77. The fourth-order valence-electron chi connectivity index (χ4n) is 4.33. The quantitative estimate of drug-likeness (QED) is 0.447. The first-order valence-corrected chi connectivity index (χ1v) is 11.0. The van der Waals surface area contributed by atoms with E-state index in [1.807, 2.05) is 0 Å². The molecule has 0 aliphatic heterocycles. The van der Waals surface area contributed by atoms with E-state index in [9.17, 15) is 5.11 Å². The van der Waals surface area contributed by atoms with E-state index in [2.05, 4.69) is 65.6 Å². The monoisotopic (exact) mass is 396 g/mol. The maximum absolute atomic E-state index is 10.5. The zero-order chi connectivity index (χ0) is 20.5. The highest BCUT2D eigenvalue weighted by Crippen LogP contribution is 2.25. The Kier molecular flexibility index (Phi) is 8.53. The van der Waals surface area contributed by atoms with E-state index >= 15 is 0 Å². The van der Waals surface area contributed by atoms with Gasteiger partial charge in [0.2, 0.25) is 0 Å². The van der Waals surface area contributed by atoms with Gasteiger partial charge in [-0.05, 0) is 43.0 Å². The highest BCUT2D eigenvalue weighted by Gasteiger charge is 2.24. The molecule has 1 heterocycles. The van der Waals surface area contributed by atoms with Gasteiger partial charge in [-0.25, -0.2) is 0 Å². The Morgan fingerprint density at radius 3 is 2.76 bits per heavy atom. The van der Waals surface area contributed by atoms with Crippen LogP contribution >= 0.6 is 0 Å². The maximum atomic E-state index is 10.5. The minimum atomic E-state index is -0.475. The molecule has 1 N–H and O–H groups in total. The largest absolute Gasteiger partial charge is 0.389 e. The van der Waals surface area contributed by atoms with Crippen molar-refractivity contribution in [2.45, 2.75) is 64.3 Å². The standard InChI is InChI=1S/C25H36N2O2/c1-3-16-29-20-25(28)19-27(23-12-5-4-6-13-23)18-24-14-9-15-26(24)17-22-11-8-7-10-21(22)2/h3,7-11,14-15,23,25,28H,1,4-6,12-13,16-20H2,2H3/t25-/m0/s1. The number of hydrogen-bond donors (Lipinski definition) is 1. The number of nitrogens with zero attached hydrogens (tertiary/aromatic N) is 2. The van der Waals surface area contributed by atoms with Gasteiger partial charge in [-0.15, -0.1) is 6.58 Å². The molecule has 1 saturated carbocycles. The van der Waals surface area contributed by atoms with Crippen molar-refractivity contribution in [3.8, 4) is 0 Å². The summed E-state index contributed by atoms with van der Waals surface area (Å²) in [6.45, 7) is 9.09. The lowest BCUT2D eigenvalue weighted by atomic mass is 9.94. The average molecular weight is 397 g/mol. The third-order valence-corrected chi connectivity index (χ3v) is 5.97. The van der Waals surface area contributed by atoms with Crippen molar-refractivity contribution in [3.05, 3.63) is 72.1 Å². The summed E-state index contributed by atoms with van der Waals surface area (Å²) in [4.78, 5) is 2.48. The number of rotatable bonds is 11. The van der Waals surface area contributed by atoms with Crippen LogP contribution in [0, 0.1) is 6.92 Å². The van der Waals surface area contributed by atoms with Crippen molar-refractivity contribution >= 4 is 0 Å². The molecular formula is C25H36N2O2.